The summed E-state index contributed by atoms with van der Waals surface area (Å²) in [7, 11) is 0. The molecule has 2 fully saturated rings. The van der Waals surface area contributed by atoms with Crippen LogP contribution in [0.5, 0.6) is 0 Å². The third-order valence-corrected chi connectivity index (χ3v) is 4.90. The van der Waals surface area contributed by atoms with E-state index in [1.807, 2.05) is 18.2 Å². The van der Waals surface area contributed by atoms with Crippen LogP contribution in [0, 0.1) is 0 Å². The second-order valence-electron chi connectivity index (χ2n) is 6.14. The molecule has 1 aliphatic heterocycles. The van der Waals surface area contributed by atoms with Crippen molar-refractivity contribution in [3.63, 3.8) is 0 Å². The van der Waals surface area contributed by atoms with Crippen molar-refractivity contribution in [2.24, 2.45) is 0 Å². The average Bonchev–Trinajstić information content (AvgIpc) is 3.00. The lowest BCUT2D eigenvalue weighted by Crippen LogP contribution is -2.38. The molecular weight excluding hydrogens is 266 g/mol. The number of morpholine rings is 1. The average molecular weight is 289 g/mol. The van der Waals surface area contributed by atoms with E-state index in [1.165, 1.54) is 5.56 Å². The Morgan fingerprint density at radius 1 is 1.19 bits per heavy atom. The van der Waals surface area contributed by atoms with E-state index >= 15 is 0 Å². The lowest BCUT2D eigenvalue weighted by Gasteiger charge is -2.31. The highest BCUT2D eigenvalue weighted by atomic mass is 16.5. The van der Waals surface area contributed by atoms with Crippen LogP contribution in [0.3, 0.4) is 0 Å². The number of rotatable bonds is 4. The molecule has 1 aromatic rings. The van der Waals surface area contributed by atoms with Crippen LogP contribution in [0.1, 0.15) is 36.8 Å². The molecule has 0 aromatic heterocycles. The van der Waals surface area contributed by atoms with Crippen molar-refractivity contribution >= 4 is 5.97 Å². The summed E-state index contributed by atoms with van der Waals surface area (Å²) in [5.74, 6) is -0.658. The fourth-order valence-corrected chi connectivity index (χ4v) is 3.70. The minimum atomic E-state index is -0.664. The highest BCUT2D eigenvalue weighted by molar-refractivity contribution is 5.82. The normalized spacial score (nSPS) is 22.3. The van der Waals surface area contributed by atoms with E-state index in [9.17, 15) is 9.90 Å². The van der Waals surface area contributed by atoms with Gasteiger partial charge in [-0.25, -0.2) is 0 Å². The van der Waals surface area contributed by atoms with Gasteiger partial charge in [-0.05, 0) is 24.0 Å². The van der Waals surface area contributed by atoms with Gasteiger partial charge in [0, 0.05) is 19.6 Å². The Kier molecular flexibility index (Phi) is 4.27. The molecule has 1 heterocycles. The zero-order valence-electron chi connectivity index (χ0n) is 12.4. The number of hydrogen-bond acceptors (Lipinski definition) is 3. The summed E-state index contributed by atoms with van der Waals surface area (Å²) in [6, 6.07) is 8.11. The Hall–Kier alpha value is -1.39. The minimum absolute atomic E-state index is 0.658. The SMILES string of the molecule is O=C(O)C1(c2ccccc2CN2CCOCC2)CCCC1. The second kappa shape index (κ2) is 6.16. The molecule has 1 saturated carbocycles. The maximum Gasteiger partial charge on any atom is 0.314 e. The van der Waals surface area contributed by atoms with Crippen LogP contribution < -0.4 is 0 Å². The van der Waals surface area contributed by atoms with Gasteiger partial charge in [-0.3, -0.25) is 9.69 Å². The molecule has 3 rings (SSSR count). The van der Waals surface area contributed by atoms with Crippen molar-refractivity contribution in [3.8, 4) is 0 Å². The maximum atomic E-state index is 11.9. The van der Waals surface area contributed by atoms with Crippen LogP contribution in [-0.2, 0) is 21.5 Å². The largest absolute Gasteiger partial charge is 0.481 e. The summed E-state index contributed by atoms with van der Waals surface area (Å²) < 4.78 is 5.39. The van der Waals surface area contributed by atoms with E-state index < -0.39 is 11.4 Å². The first kappa shape index (κ1) is 14.5. The van der Waals surface area contributed by atoms with Crippen molar-refractivity contribution in [3.05, 3.63) is 35.4 Å². The van der Waals surface area contributed by atoms with Crippen molar-refractivity contribution in [1.82, 2.24) is 4.90 Å². The van der Waals surface area contributed by atoms with E-state index in [0.29, 0.717) is 0 Å². The summed E-state index contributed by atoms with van der Waals surface area (Å²) in [6.45, 7) is 4.22. The molecule has 21 heavy (non-hydrogen) atoms. The van der Waals surface area contributed by atoms with E-state index in [0.717, 1.165) is 64.1 Å². The zero-order valence-corrected chi connectivity index (χ0v) is 12.4. The van der Waals surface area contributed by atoms with Gasteiger partial charge < -0.3 is 9.84 Å². The van der Waals surface area contributed by atoms with Crippen molar-refractivity contribution in [2.45, 2.75) is 37.6 Å². The van der Waals surface area contributed by atoms with E-state index in [2.05, 4.69) is 11.0 Å². The van der Waals surface area contributed by atoms with Gasteiger partial charge in [0.05, 0.1) is 18.6 Å². The molecule has 0 radical (unpaired) electrons. The molecular formula is C17H23NO3. The van der Waals surface area contributed by atoms with Crippen LogP contribution in [0.2, 0.25) is 0 Å². The molecule has 0 atom stereocenters. The fourth-order valence-electron chi connectivity index (χ4n) is 3.70. The highest BCUT2D eigenvalue weighted by Gasteiger charge is 2.44. The number of aliphatic carboxylic acids is 1. The molecule has 1 saturated heterocycles. The van der Waals surface area contributed by atoms with Crippen LogP contribution >= 0.6 is 0 Å². The number of nitrogens with zero attached hydrogens (tertiary/aromatic N) is 1. The number of hydrogen-bond donors (Lipinski definition) is 1. The molecule has 2 aliphatic rings. The molecule has 0 spiro atoms. The highest BCUT2D eigenvalue weighted by Crippen LogP contribution is 2.43. The molecule has 1 aliphatic carbocycles. The van der Waals surface area contributed by atoms with Crippen LogP contribution in [0.25, 0.3) is 0 Å². The summed E-state index contributed by atoms with van der Waals surface area (Å²) in [5, 5.41) is 9.81. The van der Waals surface area contributed by atoms with Gasteiger partial charge in [-0.1, -0.05) is 37.1 Å². The standard InChI is InChI=1S/C17H23NO3/c19-16(20)17(7-3-4-8-17)15-6-2-1-5-14(15)13-18-9-11-21-12-10-18/h1-2,5-6H,3-4,7-13H2,(H,19,20). The van der Waals surface area contributed by atoms with E-state index in [-0.39, 0.29) is 0 Å². The van der Waals surface area contributed by atoms with E-state index in [4.69, 9.17) is 4.74 Å². The number of carbonyl (C=O) groups is 1. The van der Waals surface area contributed by atoms with Gasteiger partial charge in [-0.15, -0.1) is 0 Å². The molecule has 1 aromatic carbocycles. The lowest BCUT2D eigenvalue weighted by atomic mass is 9.76. The number of carboxylic acids is 1. The summed E-state index contributed by atoms with van der Waals surface area (Å²) in [5.41, 5.74) is 1.54. The first-order chi connectivity index (χ1) is 10.2. The van der Waals surface area contributed by atoms with E-state index in [1.54, 1.807) is 0 Å². The van der Waals surface area contributed by atoms with Crippen LogP contribution in [0.15, 0.2) is 24.3 Å². The van der Waals surface area contributed by atoms with Crippen molar-refractivity contribution < 1.29 is 14.6 Å². The Balaban J connectivity index is 1.89. The fraction of sp³-hybridized carbons (Fsp3) is 0.588. The molecule has 0 unspecified atom stereocenters. The Morgan fingerprint density at radius 2 is 1.86 bits per heavy atom. The molecule has 4 nitrogen and oxygen atoms in total. The quantitative estimate of drug-likeness (QED) is 0.925. The second-order valence-corrected chi connectivity index (χ2v) is 6.14. The topological polar surface area (TPSA) is 49.8 Å². The predicted octanol–water partition coefficient (Wildman–Crippen LogP) is 2.42. The summed E-state index contributed by atoms with van der Waals surface area (Å²) in [4.78, 5) is 14.3. The van der Waals surface area contributed by atoms with Gasteiger partial charge in [-0.2, -0.15) is 0 Å². The van der Waals surface area contributed by atoms with Gasteiger partial charge in [0.2, 0.25) is 0 Å². The lowest BCUT2D eigenvalue weighted by molar-refractivity contribution is -0.143. The van der Waals surface area contributed by atoms with Crippen molar-refractivity contribution in [1.29, 1.82) is 0 Å². The first-order valence-electron chi connectivity index (χ1n) is 7.84. The van der Waals surface area contributed by atoms with Crippen molar-refractivity contribution in [2.75, 3.05) is 26.3 Å². The molecule has 4 heteroatoms. The van der Waals surface area contributed by atoms with Gasteiger partial charge >= 0.3 is 5.97 Å². The zero-order chi connectivity index (χ0) is 14.7. The van der Waals surface area contributed by atoms with Crippen LogP contribution in [-0.4, -0.2) is 42.3 Å². The Bertz CT molecular complexity index is 503. The van der Waals surface area contributed by atoms with Gasteiger partial charge in [0.25, 0.3) is 0 Å². The third-order valence-electron chi connectivity index (χ3n) is 4.90. The minimum Gasteiger partial charge on any atom is -0.481 e. The Labute approximate surface area is 125 Å². The number of carboxylic acid groups (broad SMARTS) is 1. The molecule has 1 N–H and O–H groups in total. The summed E-state index contributed by atoms with van der Waals surface area (Å²) >= 11 is 0. The summed E-state index contributed by atoms with van der Waals surface area (Å²) in [6.07, 6.45) is 3.56. The van der Waals surface area contributed by atoms with Gasteiger partial charge in [0.1, 0.15) is 0 Å². The maximum absolute atomic E-state index is 11.9. The Morgan fingerprint density at radius 3 is 2.52 bits per heavy atom. The first-order valence-corrected chi connectivity index (χ1v) is 7.84. The third kappa shape index (κ3) is 2.83. The number of ether oxygens (including phenoxy) is 1. The molecule has 0 bridgehead atoms. The predicted molar refractivity (Wildman–Crippen MR) is 80.3 cm³/mol. The smallest absolute Gasteiger partial charge is 0.314 e. The number of benzene rings is 1. The molecule has 114 valence electrons. The van der Waals surface area contributed by atoms with Crippen LogP contribution in [0.4, 0.5) is 0 Å². The van der Waals surface area contributed by atoms with Gasteiger partial charge in [0.15, 0.2) is 0 Å². The monoisotopic (exact) mass is 289 g/mol. The molecule has 0 amide bonds.